The molecule has 4 aliphatic carbocycles. The number of alkyl halides is 2. The molecule has 0 heterocycles. The second-order valence-corrected chi connectivity index (χ2v) is 6.76. The van der Waals surface area contributed by atoms with Gasteiger partial charge in [0.1, 0.15) is 0 Å². The van der Waals surface area contributed by atoms with Gasteiger partial charge in [-0.3, -0.25) is 0 Å². The van der Waals surface area contributed by atoms with Gasteiger partial charge in [0.05, 0.1) is 0 Å². The van der Waals surface area contributed by atoms with Gasteiger partial charge < -0.3 is 0 Å². The molecule has 0 saturated heterocycles. The molecule has 0 spiro atoms. The maximum atomic E-state index is 6.19. The van der Waals surface area contributed by atoms with Crippen LogP contribution in [0.4, 0.5) is 0 Å². The summed E-state index contributed by atoms with van der Waals surface area (Å²) < 4.78 is 0. The first-order valence-corrected chi connectivity index (χ1v) is 6.88. The Morgan fingerprint density at radius 2 is 1.77 bits per heavy atom. The highest BCUT2D eigenvalue weighted by Crippen LogP contribution is 2.62. The van der Waals surface area contributed by atoms with Gasteiger partial charge in [0.25, 0.3) is 0 Å². The van der Waals surface area contributed by atoms with E-state index in [4.69, 9.17) is 11.6 Å². The van der Waals surface area contributed by atoms with E-state index in [1.807, 2.05) is 0 Å². The Labute approximate surface area is 93.5 Å². The summed E-state index contributed by atoms with van der Waals surface area (Å²) in [5, 5.41) is 0. The molecule has 4 rings (SSSR count). The van der Waals surface area contributed by atoms with Crippen LogP contribution in [0.1, 0.15) is 32.1 Å². The summed E-state index contributed by atoms with van der Waals surface area (Å²) in [6.45, 7) is 0. The largest absolute Gasteiger partial charge is 0.126 e. The summed E-state index contributed by atoms with van der Waals surface area (Å²) in [6.07, 6.45) is 7.27. The molecule has 3 unspecified atom stereocenters. The maximum absolute atomic E-state index is 6.19. The van der Waals surface area contributed by atoms with Crippen molar-refractivity contribution in [1.82, 2.24) is 0 Å². The van der Waals surface area contributed by atoms with E-state index in [1.54, 1.807) is 0 Å². The molecular formula is C11H16BrCl. The van der Waals surface area contributed by atoms with E-state index in [0.717, 1.165) is 28.5 Å². The molecular weight excluding hydrogens is 247 g/mol. The summed E-state index contributed by atoms with van der Waals surface area (Å²) >= 11 is 10.1. The van der Waals surface area contributed by atoms with Crippen molar-refractivity contribution in [3.8, 4) is 0 Å². The van der Waals surface area contributed by atoms with Crippen molar-refractivity contribution in [2.75, 3.05) is 5.88 Å². The van der Waals surface area contributed by atoms with E-state index in [9.17, 15) is 0 Å². The number of halogens is 2. The van der Waals surface area contributed by atoms with Crippen molar-refractivity contribution in [3.05, 3.63) is 0 Å². The molecule has 74 valence electrons. The van der Waals surface area contributed by atoms with Gasteiger partial charge in [0.2, 0.25) is 0 Å². The molecule has 0 N–H and O–H groups in total. The van der Waals surface area contributed by atoms with Gasteiger partial charge in [0, 0.05) is 10.7 Å². The highest BCUT2D eigenvalue weighted by Gasteiger charge is 2.55. The van der Waals surface area contributed by atoms with Crippen molar-refractivity contribution in [3.63, 3.8) is 0 Å². The predicted octanol–water partition coefficient (Wildman–Crippen LogP) is 3.82. The van der Waals surface area contributed by atoms with E-state index >= 15 is 0 Å². The number of rotatable bonds is 1. The van der Waals surface area contributed by atoms with Crippen molar-refractivity contribution < 1.29 is 0 Å². The van der Waals surface area contributed by atoms with Gasteiger partial charge in [-0.2, -0.15) is 0 Å². The average molecular weight is 264 g/mol. The van der Waals surface area contributed by atoms with E-state index in [-0.39, 0.29) is 0 Å². The van der Waals surface area contributed by atoms with Crippen molar-refractivity contribution in [1.29, 1.82) is 0 Å². The molecule has 0 radical (unpaired) electrons. The lowest BCUT2D eigenvalue weighted by atomic mass is 9.50. The smallest absolute Gasteiger partial charge is 0.0291 e. The Balaban J connectivity index is 1.95. The van der Waals surface area contributed by atoms with Crippen LogP contribution in [0.25, 0.3) is 0 Å². The van der Waals surface area contributed by atoms with Crippen LogP contribution in [0.3, 0.4) is 0 Å². The summed E-state index contributed by atoms with van der Waals surface area (Å²) in [7, 11) is 0. The molecule has 13 heavy (non-hydrogen) atoms. The minimum Gasteiger partial charge on any atom is -0.126 e. The zero-order valence-electron chi connectivity index (χ0n) is 7.81. The lowest BCUT2D eigenvalue weighted by Crippen LogP contribution is -2.54. The Morgan fingerprint density at radius 3 is 2.31 bits per heavy atom. The fraction of sp³-hybridized carbons (Fsp3) is 1.00. The number of hydrogen-bond acceptors (Lipinski definition) is 0. The van der Waals surface area contributed by atoms with Crippen LogP contribution in [-0.2, 0) is 0 Å². The van der Waals surface area contributed by atoms with Gasteiger partial charge in [-0.05, 0) is 55.3 Å². The molecule has 0 aromatic rings. The second-order valence-electron chi connectivity index (χ2n) is 5.51. The molecule has 0 aromatic heterocycles. The Bertz CT molecular complexity index is 214. The van der Waals surface area contributed by atoms with Crippen LogP contribution in [0.2, 0.25) is 0 Å². The van der Waals surface area contributed by atoms with Gasteiger partial charge in [-0.15, -0.1) is 11.6 Å². The molecule has 0 aliphatic heterocycles. The summed E-state index contributed by atoms with van der Waals surface area (Å²) in [6, 6.07) is 0. The van der Waals surface area contributed by atoms with E-state index in [1.165, 1.54) is 32.1 Å². The van der Waals surface area contributed by atoms with E-state index < -0.39 is 0 Å². The van der Waals surface area contributed by atoms with E-state index in [0.29, 0.717) is 5.41 Å². The van der Waals surface area contributed by atoms with Gasteiger partial charge >= 0.3 is 0 Å². The Morgan fingerprint density at radius 1 is 1.15 bits per heavy atom. The lowest BCUT2D eigenvalue weighted by molar-refractivity contribution is -0.0292. The fourth-order valence-corrected chi connectivity index (χ4v) is 5.87. The summed E-state index contributed by atoms with van der Waals surface area (Å²) in [4.78, 5) is 0.727. The third-order valence-corrected chi connectivity index (χ3v) is 6.85. The van der Waals surface area contributed by atoms with Gasteiger partial charge in [0.15, 0.2) is 0 Å². The molecule has 0 nitrogen and oxygen atoms in total. The zero-order chi connectivity index (χ0) is 9.05. The van der Waals surface area contributed by atoms with Crippen LogP contribution in [0.15, 0.2) is 0 Å². The highest BCUT2D eigenvalue weighted by atomic mass is 79.9. The number of hydrogen-bond donors (Lipinski definition) is 0. The second kappa shape index (κ2) is 2.88. The molecule has 4 saturated carbocycles. The molecule has 4 fully saturated rings. The fourth-order valence-electron chi connectivity index (χ4n) is 4.33. The van der Waals surface area contributed by atoms with Gasteiger partial charge in [-0.25, -0.2) is 0 Å². The molecule has 0 aromatic carbocycles. The third kappa shape index (κ3) is 1.16. The maximum Gasteiger partial charge on any atom is 0.0291 e. The topological polar surface area (TPSA) is 0 Å². The predicted molar refractivity (Wildman–Crippen MR) is 59.4 cm³/mol. The summed E-state index contributed by atoms with van der Waals surface area (Å²) in [5.74, 6) is 3.87. The zero-order valence-corrected chi connectivity index (χ0v) is 10.1. The van der Waals surface area contributed by atoms with Crippen LogP contribution < -0.4 is 0 Å². The van der Waals surface area contributed by atoms with Gasteiger partial charge in [-0.1, -0.05) is 15.9 Å². The Hall–Kier alpha value is 0.770. The lowest BCUT2D eigenvalue weighted by Gasteiger charge is -2.59. The highest BCUT2D eigenvalue weighted by molar-refractivity contribution is 9.09. The third-order valence-electron chi connectivity index (χ3n) is 4.59. The quantitative estimate of drug-likeness (QED) is 0.631. The Kier molecular flexibility index (Phi) is 2.00. The van der Waals surface area contributed by atoms with E-state index in [2.05, 4.69) is 15.9 Å². The first kappa shape index (κ1) is 9.03. The minimum absolute atomic E-state index is 0.482. The average Bonchev–Trinajstić information content (AvgIpc) is 2.12. The first-order chi connectivity index (χ1) is 6.23. The monoisotopic (exact) mass is 262 g/mol. The van der Waals surface area contributed by atoms with Crippen LogP contribution in [0, 0.1) is 23.2 Å². The van der Waals surface area contributed by atoms with Crippen molar-refractivity contribution in [2.45, 2.75) is 36.9 Å². The van der Waals surface area contributed by atoms with Crippen molar-refractivity contribution in [2.24, 2.45) is 23.2 Å². The summed E-state index contributed by atoms with van der Waals surface area (Å²) in [5.41, 5.74) is 0.482. The normalized spacial score (nSPS) is 58.6. The van der Waals surface area contributed by atoms with Crippen LogP contribution in [0.5, 0.6) is 0 Å². The molecule has 4 aliphatic rings. The molecule has 5 atom stereocenters. The van der Waals surface area contributed by atoms with Crippen LogP contribution in [-0.4, -0.2) is 10.7 Å². The van der Waals surface area contributed by atoms with Crippen LogP contribution >= 0.6 is 27.5 Å². The van der Waals surface area contributed by atoms with Crippen molar-refractivity contribution >= 4 is 27.5 Å². The minimum atomic E-state index is 0.482. The standard InChI is InChI=1S/C11H16BrCl/c12-10-9-2-7-1-8(3-9)5-11(10,4-7)6-13/h7-10H,1-6H2/t7-,8+,9?,10?,11?. The molecule has 2 heteroatoms. The first-order valence-electron chi connectivity index (χ1n) is 5.43. The molecule has 4 bridgehead atoms. The molecule has 0 amide bonds. The SMILES string of the molecule is ClCC12C[C@@H]3CC(C[C@@H](C3)C1)C2Br.